The summed E-state index contributed by atoms with van der Waals surface area (Å²) in [6.07, 6.45) is -0.378. The van der Waals surface area contributed by atoms with Crippen molar-refractivity contribution in [2.75, 3.05) is 6.54 Å². The molecule has 9 heavy (non-hydrogen) atoms. The molecule has 1 rings (SSSR count). The molecule has 4 heteroatoms. The molecular weight excluding hydrogens is 120 g/mol. The van der Waals surface area contributed by atoms with E-state index in [-0.39, 0.29) is 12.5 Å². The van der Waals surface area contributed by atoms with Crippen LogP contribution < -0.4 is 5.32 Å². The predicted molar refractivity (Wildman–Crippen MR) is 28.5 cm³/mol. The van der Waals surface area contributed by atoms with Crippen molar-refractivity contribution in [1.29, 1.82) is 5.26 Å². The number of carbonyl (C=O) groups excluding carboxylic acids is 1. The highest BCUT2D eigenvalue weighted by atomic mass is 16.6. The Morgan fingerprint density at radius 3 is 3.22 bits per heavy atom. The standard InChI is InChI=1S/C5H6N2O2/c6-2-1-4-3-7-5(8)9-4/h4H,1,3H2,(H,7,8)/t4-/m0/s1. The van der Waals surface area contributed by atoms with Crippen molar-refractivity contribution in [2.24, 2.45) is 0 Å². The van der Waals surface area contributed by atoms with E-state index in [9.17, 15) is 4.79 Å². The SMILES string of the molecule is N#CC[C@H]1CNC(=O)O1. The first kappa shape index (κ1) is 5.89. The summed E-state index contributed by atoms with van der Waals surface area (Å²) in [6, 6.07) is 1.91. The molecule has 4 nitrogen and oxygen atoms in total. The van der Waals surface area contributed by atoms with Crippen LogP contribution in [0, 0.1) is 11.3 Å². The fourth-order valence-corrected chi connectivity index (χ4v) is 0.648. The van der Waals surface area contributed by atoms with Crippen molar-refractivity contribution in [2.45, 2.75) is 12.5 Å². The molecule has 0 unspecified atom stereocenters. The molecule has 1 atom stereocenters. The topological polar surface area (TPSA) is 62.1 Å². The summed E-state index contributed by atoms with van der Waals surface area (Å²) in [5.74, 6) is 0. The summed E-state index contributed by atoms with van der Waals surface area (Å²) in [5, 5.41) is 10.6. The molecule has 1 aliphatic rings. The highest BCUT2D eigenvalue weighted by Crippen LogP contribution is 2.02. The van der Waals surface area contributed by atoms with E-state index >= 15 is 0 Å². The lowest BCUT2D eigenvalue weighted by molar-refractivity contribution is 0.142. The van der Waals surface area contributed by atoms with Gasteiger partial charge in [0.05, 0.1) is 19.0 Å². The third kappa shape index (κ3) is 1.32. The molecule has 48 valence electrons. The second-order valence-corrected chi connectivity index (χ2v) is 1.77. The zero-order valence-corrected chi connectivity index (χ0v) is 4.76. The van der Waals surface area contributed by atoms with Crippen LogP contribution in [-0.4, -0.2) is 18.7 Å². The second-order valence-electron chi connectivity index (χ2n) is 1.77. The molecule has 0 saturated carbocycles. The summed E-state index contributed by atoms with van der Waals surface area (Å²) in [4.78, 5) is 10.3. The van der Waals surface area contributed by atoms with Crippen LogP contribution in [0.2, 0.25) is 0 Å². The van der Waals surface area contributed by atoms with Crippen molar-refractivity contribution in [3.05, 3.63) is 0 Å². The highest BCUT2D eigenvalue weighted by molar-refractivity contribution is 5.69. The van der Waals surface area contributed by atoms with Gasteiger partial charge in [-0.2, -0.15) is 5.26 Å². The first-order valence-corrected chi connectivity index (χ1v) is 2.64. The van der Waals surface area contributed by atoms with Gasteiger partial charge in [-0.05, 0) is 0 Å². The molecule has 0 aromatic heterocycles. The van der Waals surface area contributed by atoms with E-state index in [2.05, 4.69) is 10.1 Å². The lowest BCUT2D eigenvalue weighted by Crippen LogP contribution is -2.14. The Morgan fingerprint density at radius 2 is 2.78 bits per heavy atom. The molecule has 1 aliphatic heterocycles. The minimum atomic E-state index is -0.421. The van der Waals surface area contributed by atoms with Crippen molar-refractivity contribution in [3.8, 4) is 6.07 Å². The molecule has 0 radical (unpaired) electrons. The lowest BCUT2D eigenvalue weighted by atomic mass is 10.3. The van der Waals surface area contributed by atoms with E-state index < -0.39 is 6.09 Å². The molecule has 1 amide bonds. The Balaban J connectivity index is 2.32. The minimum Gasteiger partial charge on any atom is -0.443 e. The molecule has 1 fully saturated rings. The normalized spacial score (nSPS) is 24.3. The van der Waals surface area contributed by atoms with Crippen LogP contribution in [-0.2, 0) is 4.74 Å². The number of carbonyl (C=O) groups is 1. The van der Waals surface area contributed by atoms with Gasteiger partial charge in [0.25, 0.3) is 0 Å². The third-order valence-corrected chi connectivity index (χ3v) is 1.07. The first-order chi connectivity index (χ1) is 4.33. The third-order valence-electron chi connectivity index (χ3n) is 1.07. The summed E-state index contributed by atoms with van der Waals surface area (Å²) in [7, 11) is 0. The molecule has 1 N–H and O–H groups in total. The number of rotatable bonds is 1. The van der Waals surface area contributed by atoms with Gasteiger partial charge in [0.15, 0.2) is 0 Å². The number of alkyl carbamates (subject to hydrolysis) is 1. The van der Waals surface area contributed by atoms with Gasteiger partial charge in [0, 0.05) is 0 Å². The quantitative estimate of drug-likeness (QED) is 0.538. The minimum absolute atomic E-state index is 0.234. The summed E-state index contributed by atoms with van der Waals surface area (Å²) in [5.41, 5.74) is 0. The monoisotopic (exact) mass is 126 g/mol. The second kappa shape index (κ2) is 2.35. The number of nitrogens with zero attached hydrogens (tertiary/aromatic N) is 1. The van der Waals surface area contributed by atoms with Crippen LogP contribution in [0.25, 0.3) is 0 Å². The molecule has 1 heterocycles. The van der Waals surface area contributed by atoms with Crippen LogP contribution in [0.1, 0.15) is 6.42 Å². The van der Waals surface area contributed by atoms with E-state index in [4.69, 9.17) is 5.26 Å². The molecule has 0 bridgehead atoms. The van der Waals surface area contributed by atoms with Gasteiger partial charge in [0.1, 0.15) is 6.10 Å². The number of amides is 1. The summed E-state index contributed by atoms with van der Waals surface area (Å²) in [6.45, 7) is 0.465. The molecule has 0 aromatic rings. The van der Waals surface area contributed by atoms with E-state index in [1.165, 1.54) is 0 Å². The Labute approximate surface area is 52.4 Å². The van der Waals surface area contributed by atoms with Crippen molar-refractivity contribution >= 4 is 6.09 Å². The zero-order valence-electron chi connectivity index (χ0n) is 4.76. The average molecular weight is 126 g/mol. The number of cyclic esters (lactones) is 1. The molecule has 0 spiro atoms. The Hall–Kier alpha value is -1.24. The molecular formula is C5H6N2O2. The largest absolute Gasteiger partial charge is 0.443 e. The van der Waals surface area contributed by atoms with E-state index in [0.29, 0.717) is 6.54 Å². The molecule has 1 saturated heterocycles. The van der Waals surface area contributed by atoms with Gasteiger partial charge < -0.3 is 10.1 Å². The van der Waals surface area contributed by atoms with Crippen LogP contribution in [0.4, 0.5) is 4.79 Å². The van der Waals surface area contributed by atoms with Crippen molar-refractivity contribution < 1.29 is 9.53 Å². The lowest BCUT2D eigenvalue weighted by Gasteiger charge is -1.97. The molecule has 0 aliphatic carbocycles. The van der Waals surface area contributed by atoms with E-state index in [1.807, 2.05) is 6.07 Å². The summed E-state index contributed by atoms with van der Waals surface area (Å²) < 4.78 is 4.63. The smallest absolute Gasteiger partial charge is 0.407 e. The Bertz CT molecular complexity index is 161. The van der Waals surface area contributed by atoms with Gasteiger partial charge in [-0.15, -0.1) is 0 Å². The Morgan fingerprint density at radius 1 is 2.00 bits per heavy atom. The van der Waals surface area contributed by atoms with Gasteiger partial charge in [-0.1, -0.05) is 0 Å². The molecule has 0 aromatic carbocycles. The van der Waals surface area contributed by atoms with Crippen molar-refractivity contribution in [3.63, 3.8) is 0 Å². The maximum absolute atomic E-state index is 10.3. The van der Waals surface area contributed by atoms with Crippen LogP contribution in [0.5, 0.6) is 0 Å². The predicted octanol–water partition coefficient (Wildman–Crippen LogP) is 0.00848. The number of nitriles is 1. The number of hydrogen-bond donors (Lipinski definition) is 1. The number of ether oxygens (including phenoxy) is 1. The van der Waals surface area contributed by atoms with Gasteiger partial charge >= 0.3 is 6.09 Å². The summed E-state index contributed by atoms with van der Waals surface area (Å²) >= 11 is 0. The maximum atomic E-state index is 10.3. The maximum Gasteiger partial charge on any atom is 0.407 e. The fraction of sp³-hybridized carbons (Fsp3) is 0.600. The van der Waals surface area contributed by atoms with Crippen LogP contribution in [0.15, 0.2) is 0 Å². The van der Waals surface area contributed by atoms with Gasteiger partial charge in [0.2, 0.25) is 0 Å². The highest BCUT2D eigenvalue weighted by Gasteiger charge is 2.21. The number of nitrogens with one attached hydrogen (secondary N) is 1. The van der Waals surface area contributed by atoms with Crippen LogP contribution >= 0.6 is 0 Å². The van der Waals surface area contributed by atoms with Gasteiger partial charge in [-0.25, -0.2) is 4.79 Å². The van der Waals surface area contributed by atoms with Gasteiger partial charge in [-0.3, -0.25) is 0 Å². The van der Waals surface area contributed by atoms with E-state index in [1.54, 1.807) is 0 Å². The fourth-order valence-electron chi connectivity index (χ4n) is 0.648. The average Bonchev–Trinajstić information content (AvgIpc) is 2.17. The van der Waals surface area contributed by atoms with Crippen LogP contribution in [0.3, 0.4) is 0 Å². The van der Waals surface area contributed by atoms with E-state index in [0.717, 1.165) is 0 Å². The first-order valence-electron chi connectivity index (χ1n) is 2.64. The number of hydrogen-bond acceptors (Lipinski definition) is 3. The Kier molecular flexibility index (Phi) is 1.54. The van der Waals surface area contributed by atoms with Crippen molar-refractivity contribution in [1.82, 2.24) is 5.32 Å². The zero-order chi connectivity index (χ0) is 6.69.